The maximum Gasteiger partial charge on any atom is 0.261 e. The number of para-hydroxylation sites is 1. The molecule has 0 aliphatic rings. The standard InChI is InChI=1S/C18H17N3O4S2/c1-26(22,23)10-9-13-5-7-15(8-6-13)27(24,25)21-17-4-2-3-16-14(11-19)12-20-18(16)17/h2-8,12,20-21H,9-10H2,1H3. The highest BCUT2D eigenvalue weighted by atomic mass is 32.2. The molecular weight excluding hydrogens is 386 g/mol. The third-order valence-electron chi connectivity index (χ3n) is 4.08. The van der Waals surface area contributed by atoms with Crippen LogP contribution in [0.3, 0.4) is 0 Å². The summed E-state index contributed by atoms with van der Waals surface area (Å²) in [4.78, 5) is 2.98. The zero-order chi connectivity index (χ0) is 19.7. The van der Waals surface area contributed by atoms with Crippen LogP contribution in [0.5, 0.6) is 0 Å². The van der Waals surface area contributed by atoms with Gasteiger partial charge in [0.05, 0.1) is 27.4 Å². The predicted molar refractivity (Wildman–Crippen MR) is 104 cm³/mol. The molecule has 1 aromatic heterocycles. The molecule has 0 saturated carbocycles. The summed E-state index contributed by atoms with van der Waals surface area (Å²) in [5, 5.41) is 9.73. The molecule has 140 valence electrons. The van der Waals surface area contributed by atoms with Gasteiger partial charge in [-0.15, -0.1) is 0 Å². The van der Waals surface area contributed by atoms with Crippen LogP contribution in [-0.4, -0.2) is 33.8 Å². The van der Waals surface area contributed by atoms with E-state index in [1.165, 1.54) is 18.3 Å². The first-order valence-electron chi connectivity index (χ1n) is 7.99. The molecule has 0 atom stereocenters. The van der Waals surface area contributed by atoms with E-state index in [2.05, 4.69) is 9.71 Å². The molecule has 0 unspecified atom stereocenters. The summed E-state index contributed by atoms with van der Waals surface area (Å²) in [6, 6.07) is 13.1. The number of sulfone groups is 1. The van der Waals surface area contributed by atoms with Gasteiger partial charge in [0, 0.05) is 17.8 Å². The molecule has 0 bridgehead atoms. The molecule has 0 aliphatic heterocycles. The molecule has 2 aromatic carbocycles. The number of H-pyrrole nitrogens is 1. The minimum Gasteiger partial charge on any atom is -0.358 e. The summed E-state index contributed by atoms with van der Waals surface area (Å²) in [5.41, 5.74) is 2.04. The lowest BCUT2D eigenvalue weighted by Crippen LogP contribution is -2.13. The summed E-state index contributed by atoms with van der Waals surface area (Å²) in [7, 11) is -6.91. The van der Waals surface area contributed by atoms with E-state index in [1.807, 2.05) is 6.07 Å². The largest absolute Gasteiger partial charge is 0.358 e. The van der Waals surface area contributed by atoms with E-state index in [0.717, 1.165) is 11.8 Å². The van der Waals surface area contributed by atoms with E-state index < -0.39 is 19.9 Å². The quantitative estimate of drug-likeness (QED) is 0.655. The zero-order valence-electron chi connectivity index (χ0n) is 14.4. The first kappa shape index (κ1) is 18.9. The Morgan fingerprint density at radius 2 is 1.78 bits per heavy atom. The Morgan fingerprint density at radius 3 is 2.41 bits per heavy atom. The molecular formula is C18H17N3O4S2. The molecule has 1 heterocycles. The smallest absolute Gasteiger partial charge is 0.261 e. The highest BCUT2D eigenvalue weighted by Gasteiger charge is 2.17. The average Bonchev–Trinajstić information content (AvgIpc) is 3.04. The summed E-state index contributed by atoms with van der Waals surface area (Å²) in [6.45, 7) is 0. The number of aromatic amines is 1. The van der Waals surface area contributed by atoms with Gasteiger partial charge in [0.25, 0.3) is 10.0 Å². The van der Waals surface area contributed by atoms with Crippen molar-refractivity contribution >= 4 is 36.5 Å². The van der Waals surface area contributed by atoms with Crippen molar-refractivity contribution in [1.29, 1.82) is 5.26 Å². The molecule has 7 nitrogen and oxygen atoms in total. The Labute approximate surface area is 157 Å². The number of aryl methyl sites for hydroxylation is 1. The summed E-state index contributed by atoms with van der Waals surface area (Å²) < 4.78 is 50.3. The maximum absolute atomic E-state index is 12.7. The number of hydrogen-bond acceptors (Lipinski definition) is 5. The van der Waals surface area contributed by atoms with Crippen LogP contribution in [0.15, 0.2) is 53.6 Å². The second-order valence-corrected chi connectivity index (χ2v) is 10.1. The van der Waals surface area contributed by atoms with Crippen molar-refractivity contribution in [3.05, 3.63) is 59.8 Å². The van der Waals surface area contributed by atoms with Crippen LogP contribution in [0.2, 0.25) is 0 Å². The van der Waals surface area contributed by atoms with Gasteiger partial charge >= 0.3 is 0 Å². The fraction of sp³-hybridized carbons (Fsp3) is 0.167. The lowest BCUT2D eigenvalue weighted by molar-refractivity contribution is 0.599. The Bertz CT molecular complexity index is 1240. The molecule has 0 aliphatic carbocycles. The van der Waals surface area contributed by atoms with Crippen molar-refractivity contribution in [2.45, 2.75) is 11.3 Å². The average molecular weight is 403 g/mol. The second-order valence-electron chi connectivity index (χ2n) is 6.17. The Kier molecular flexibility index (Phi) is 4.95. The molecule has 0 radical (unpaired) electrons. The van der Waals surface area contributed by atoms with Crippen molar-refractivity contribution in [2.75, 3.05) is 16.7 Å². The van der Waals surface area contributed by atoms with E-state index in [4.69, 9.17) is 5.26 Å². The van der Waals surface area contributed by atoms with Crippen LogP contribution in [0, 0.1) is 11.3 Å². The molecule has 0 amide bonds. The minimum atomic E-state index is -3.83. The van der Waals surface area contributed by atoms with E-state index in [9.17, 15) is 16.8 Å². The maximum atomic E-state index is 12.7. The third-order valence-corrected chi connectivity index (χ3v) is 6.40. The fourth-order valence-corrected chi connectivity index (χ4v) is 4.35. The number of rotatable bonds is 6. The number of aromatic nitrogens is 1. The van der Waals surface area contributed by atoms with E-state index in [1.54, 1.807) is 30.3 Å². The number of nitrogens with one attached hydrogen (secondary N) is 2. The third kappa shape index (κ3) is 4.30. The predicted octanol–water partition coefficient (Wildman–Crippen LogP) is 2.43. The van der Waals surface area contributed by atoms with Crippen LogP contribution < -0.4 is 4.72 Å². The lowest BCUT2D eigenvalue weighted by atomic mass is 10.2. The van der Waals surface area contributed by atoms with Gasteiger partial charge in [-0.3, -0.25) is 4.72 Å². The van der Waals surface area contributed by atoms with Gasteiger partial charge in [0.15, 0.2) is 0 Å². The van der Waals surface area contributed by atoms with Crippen LogP contribution in [0.1, 0.15) is 11.1 Å². The molecule has 27 heavy (non-hydrogen) atoms. The number of benzene rings is 2. The van der Waals surface area contributed by atoms with Crippen molar-refractivity contribution in [3.63, 3.8) is 0 Å². The Hall–Kier alpha value is -2.83. The van der Waals surface area contributed by atoms with E-state index in [-0.39, 0.29) is 10.6 Å². The van der Waals surface area contributed by atoms with Gasteiger partial charge in [-0.1, -0.05) is 24.3 Å². The number of sulfonamides is 1. The van der Waals surface area contributed by atoms with E-state index in [0.29, 0.717) is 28.6 Å². The zero-order valence-corrected chi connectivity index (χ0v) is 16.1. The van der Waals surface area contributed by atoms with Gasteiger partial charge in [-0.25, -0.2) is 16.8 Å². The van der Waals surface area contributed by atoms with Gasteiger partial charge in [0.2, 0.25) is 0 Å². The monoisotopic (exact) mass is 403 g/mol. The van der Waals surface area contributed by atoms with E-state index >= 15 is 0 Å². The molecule has 0 saturated heterocycles. The Morgan fingerprint density at radius 1 is 1.07 bits per heavy atom. The lowest BCUT2D eigenvalue weighted by Gasteiger charge is -2.10. The molecule has 0 fully saturated rings. The second kappa shape index (κ2) is 7.06. The van der Waals surface area contributed by atoms with Crippen molar-refractivity contribution < 1.29 is 16.8 Å². The van der Waals surface area contributed by atoms with Gasteiger partial charge in [-0.05, 0) is 30.2 Å². The van der Waals surface area contributed by atoms with Crippen molar-refractivity contribution in [1.82, 2.24) is 4.98 Å². The molecule has 9 heteroatoms. The van der Waals surface area contributed by atoms with Gasteiger partial charge < -0.3 is 4.98 Å². The minimum absolute atomic E-state index is 0.00734. The summed E-state index contributed by atoms with van der Waals surface area (Å²) in [5.74, 6) is 0.00734. The summed E-state index contributed by atoms with van der Waals surface area (Å²) >= 11 is 0. The molecule has 3 aromatic rings. The molecule has 2 N–H and O–H groups in total. The van der Waals surface area contributed by atoms with Crippen LogP contribution in [0.4, 0.5) is 5.69 Å². The number of fused-ring (bicyclic) bond motifs is 1. The SMILES string of the molecule is CS(=O)(=O)CCc1ccc(S(=O)(=O)Nc2cccc3c(C#N)c[nH]c23)cc1. The topological polar surface area (TPSA) is 120 Å². The number of hydrogen-bond donors (Lipinski definition) is 2. The number of anilines is 1. The Balaban J connectivity index is 1.85. The first-order valence-corrected chi connectivity index (χ1v) is 11.5. The normalized spacial score (nSPS) is 12.0. The van der Waals surface area contributed by atoms with Gasteiger partial charge in [0.1, 0.15) is 15.9 Å². The fourth-order valence-electron chi connectivity index (χ4n) is 2.67. The molecule has 0 spiro atoms. The van der Waals surface area contributed by atoms with Crippen molar-refractivity contribution in [3.8, 4) is 6.07 Å². The van der Waals surface area contributed by atoms with Crippen LogP contribution in [-0.2, 0) is 26.3 Å². The summed E-state index contributed by atoms with van der Waals surface area (Å²) in [6.07, 6.45) is 3.01. The number of nitriles is 1. The number of nitrogens with zero attached hydrogens (tertiary/aromatic N) is 1. The van der Waals surface area contributed by atoms with Crippen LogP contribution >= 0.6 is 0 Å². The molecule has 3 rings (SSSR count). The van der Waals surface area contributed by atoms with Crippen LogP contribution in [0.25, 0.3) is 10.9 Å². The highest BCUT2D eigenvalue weighted by Crippen LogP contribution is 2.27. The first-order chi connectivity index (χ1) is 12.7. The van der Waals surface area contributed by atoms with Crippen molar-refractivity contribution in [2.24, 2.45) is 0 Å². The van der Waals surface area contributed by atoms with Gasteiger partial charge in [-0.2, -0.15) is 5.26 Å². The highest BCUT2D eigenvalue weighted by molar-refractivity contribution is 7.92.